The summed E-state index contributed by atoms with van der Waals surface area (Å²) in [5, 5.41) is 4.05. The van der Waals surface area contributed by atoms with Crippen molar-refractivity contribution in [3.63, 3.8) is 0 Å². The van der Waals surface area contributed by atoms with E-state index in [4.69, 9.17) is 17.3 Å². The van der Waals surface area contributed by atoms with Crippen LogP contribution in [0.15, 0.2) is 29.0 Å². The molecular formula is C9H6BrClFN3. The second-order valence-electron chi connectivity index (χ2n) is 2.93. The summed E-state index contributed by atoms with van der Waals surface area (Å²) in [6, 6.07) is 2.61. The summed E-state index contributed by atoms with van der Waals surface area (Å²) < 4.78 is 15.4. The second-order valence-corrected chi connectivity index (χ2v) is 4.25. The van der Waals surface area contributed by atoms with Gasteiger partial charge in [-0.05, 0) is 22.0 Å². The number of benzene rings is 1. The number of nitrogen functional groups attached to an aromatic ring is 1. The molecule has 6 heteroatoms. The van der Waals surface area contributed by atoms with Gasteiger partial charge in [-0.25, -0.2) is 9.07 Å². The Morgan fingerprint density at radius 2 is 2.20 bits per heavy atom. The Kier molecular flexibility index (Phi) is 2.67. The van der Waals surface area contributed by atoms with Crippen LogP contribution in [-0.2, 0) is 0 Å². The summed E-state index contributed by atoms with van der Waals surface area (Å²) in [6.07, 6.45) is 3.32. The lowest BCUT2D eigenvalue weighted by Gasteiger charge is -2.06. The van der Waals surface area contributed by atoms with Crippen LogP contribution in [0.3, 0.4) is 0 Å². The minimum absolute atomic E-state index is 0.0193. The van der Waals surface area contributed by atoms with Gasteiger partial charge < -0.3 is 5.73 Å². The zero-order chi connectivity index (χ0) is 11.0. The highest BCUT2D eigenvalue weighted by Gasteiger charge is 2.08. The van der Waals surface area contributed by atoms with Crippen molar-refractivity contribution in [1.82, 2.24) is 9.78 Å². The van der Waals surface area contributed by atoms with E-state index in [2.05, 4.69) is 21.0 Å². The Labute approximate surface area is 98.8 Å². The molecule has 1 aromatic heterocycles. The zero-order valence-electron chi connectivity index (χ0n) is 7.42. The Balaban J connectivity index is 2.58. The number of nitrogens with zero attached hydrogens (tertiary/aromatic N) is 2. The third-order valence-corrected chi connectivity index (χ3v) is 2.57. The van der Waals surface area contributed by atoms with Crippen LogP contribution < -0.4 is 5.73 Å². The number of hydrogen-bond donors (Lipinski definition) is 1. The number of rotatable bonds is 1. The molecule has 15 heavy (non-hydrogen) atoms. The molecule has 2 aromatic rings. The van der Waals surface area contributed by atoms with E-state index in [9.17, 15) is 4.39 Å². The fourth-order valence-corrected chi connectivity index (χ4v) is 1.63. The summed E-state index contributed by atoms with van der Waals surface area (Å²) in [5.74, 6) is -0.538. The molecule has 0 radical (unpaired) electrons. The molecule has 0 aliphatic rings. The normalized spacial score (nSPS) is 10.6. The molecule has 0 saturated heterocycles. The van der Waals surface area contributed by atoms with Gasteiger partial charge in [0.15, 0.2) is 0 Å². The van der Waals surface area contributed by atoms with E-state index in [-0.39, 0.29) is 10.7 Å². The molecule has 0 aliphatic carbocycles. The van der Waals surface area contributed by atoms with Crippen molar-refractivity contribution < 1.29 is 4.39 Å². The highest BCUT2D eigenvalue weighted by Crippen LogP contribution is 2.25. The molecule has 2 N–H and O–H groups in total. The number of aromatic nitrogens is 2. The SMILES string of the molecule is Nc1cc(F)c(Cl)cc1-n1cc(Br)cn1. The average molecular weight is 291 g/mol. The van der Waals surface area contributed by atoms with Gasteiger partial charge in [-0.2, -0.15) is 5.10 Å². The van der Waals surface area contributed by atoms with Gasteiger partial charge in [0.05, 0.1) is 27.1 Å². The maximum Gasteiger partial charge on any atom is 0.143 e. The average Bonchev–Trinajstić information content (AvgIpc) is 2.58. The first kappa shape index (κ1) is 10.4. The summed E-state index contributed by atoms with van der Waals surface area (Å²) in [7, 11) is 0. The van der Waals surface area contributed by atoms with E-state index in [0.717, 1.165) is 4.47 Å². The van der Waals surface area contributed by atoms with Crippen molar-refractivity contribution in [2.24, 2.45) is 0 Å². The number of halogens is 3. The highest BCUT2D eigenvalue weighted by atomic mass is 79.9. The molecule has 1 heterocycles. The van der Waals surface area contributed by atoms with Crippen LogP contribution in [0.4, 0.5) is 10.1 Å². The maximum absolute atomic E-state index is 13.0. The van der Waals surface area contributed by atoms with Gasteiger partial charge in [0.1, 0.15) is 5.82 Å². The third-order valence-electron chi connectivity index (χ3n) is 1.87. The molecule has 0 spiro atoms. The lowest BCUT2D eigenvalue weighted by Crippen LogP contribution is -2.01. The lowest BCUT2D eigenvalue weighted by atomic mass is 10.2. The van der Waals surface area contributed by atoms with Crippen molar-refractivity contribution in [1.29, 1.82) is 0 Å². The quantitative estimate of drug-likeness (QED) is 0.821. The Bertz CT molecular complexity index is 512. The van der Waals surface area contributed by atoms with Crippen LogP contribution in [0.2, 0.25) is 5.02 Å². The van der Waals surface area contributed by atoms with E-state index in [1.807, 2.05) is 0 Å². The predicted molar refractivity (Wildman–Crippen MR) is 60.6 cm³/mol. The molecular weight excluding hydrogens is 284 g/mol. The number of nitrogens with two attached hydrogens (primary N) is 1. The Morgan fingerprint density at radius 3 is 2.80 bits per heavy atom. The van der Waals surface area contributed by atoms with Crippen molar-refractivity contribution in [2.75, 3.05) is 5.73 Å². The maximum atomic E-state index is 13.0. The monoisotopic (exact) mass is 289 g/mol. The van der Waals surface area contributed by atoms with Crippen LogP contribution in [-0.4, -0.2) is 9.78 Å². The van der Waals surface area contributed by atoms with E-state index in [1.54, 1.807) is 12.4 Å². The second kappa shape index (κ2) is 3.83. The number of anilines is 1. The van der Waals surface area contributed by atoms with Crippen LogP contribution >= 0.6 is 27.5 Å². The fourth-order valence-electron chi connectivity index (χ4n) is 1.18. The van der Waals surface area contributed by atoms with E-state index < -0.39 is 5.82 Å². The molecule has 0 saturated carbocycles. The lowest BCUT2D eigenvalue weighted by molar-refractivity contribution is 0.628. The minimum atomic E-state index is -0.538. The summed E-state index contributed by atoms with van der Waals surface area (Å²) in [6.45, 7) is 0. The van der Waals surface area contributed by atoms with Crippen molar-refractivity contribution >= 4 is 33.2 Å². The minimum Gasteiger partial charge on any atom is -0.397 e. The van der Waals surface area contributed by atoms with Gasteiger partial charge in [-0.3, -0.25) is 0 Å². The van der Waals surface area contributed by atoms with Crippen molar-refractivity contribution in [3.8, 4) is 5.69 Å². The molecule has 0 amide bonds. The predicted octanol–water partition coefficient (Wildman–Crippen LogP) is 3.01. The molecule has 3 nitrogen and oxygen atoms in total. The first-order chi connectivity index (χ1) is 7.08. The largest absolute Gasteiger partial charge is 0.397 e. The third kappa shape index (κ3) is 1.98. The molecule has 0 aliphatic heterocycles. The van der Waals surface area contributed by atoms with E-state index >= 15 is 0 Å². The van der Waals surface area contributed by atoms with Gasteiger partial charge in [-0.15, -0.1) is 0 Å². The van der Waals surface area contributed by atoms with Crippen LogP contribution in [0.1, 0.15) is 0 Å². The first-order valence-electron chi connectivity index (χ1n) is 4.03. The molecule has 1 aromatic carbocycles. The summed E-state index contributed by atoms with van der Waals surface area (Å²) >= 11 is 8.91. The standard InChI is InChI=1S/C9H6BrClFN3/c10-5-3-14-15(4-5)9-1-6(11)7(12)2-8(9)13/h1-4H,13H2. The zero-order valence-corrected chi connectivity index (χ0v) is 9.76. The molecule has 0 unspecified atom stereocenters. The van der Waals surface area contributed by atoms with E-state index in [0.29, 0.717) is 5.69 Å². The molecule has 78 valence electrons. The number of hydrogen-bond acceptors (Lipinski definition) is 2. The van der Waals surface area contributed by atoms with Crippen molar-refractivity contribution in [3.05, 3.63) is 39.8 Å². The molecule has 0 fully saturated rings. The summed E-state index contributed by atoms with van der Waals surface area (Å²) in [5.41, 5.74) is 6.49. The van der Waals surface area contributed by atoms with Gasteiger partial charge >= 0.3 is 0 Å². The van der Waals surface area contributed by atoms with E-state index in [1.165, 1.54) is 16.8 Å². The molecule has 0 atom stereocenters. The van der Waals surface area contributed by atoms with Gasteiger partial charge in [-0.1, -0.05) is 11.6 Å². The first-order valence-corrected chi connectivity index (χ1v) is 5.20. The van der Waals surface area contributed by atoms with Crippen LogP contribution in [0.5, 0.6) is 0 Å². The highest BCUT2D eigenvalue weighted by molar-refractivity contribution is 9.10. The smallest absolute Gasteiger partial charge is 0.143 e. The van der Waals surface area contributed by atoms with Crippen molar-refractivity contribution in [2.45, 2.75) is 0 Å². The van der Waals surface area contributed by atoms with Crippen LogP contribution in [0.25, 0.3) is 5.69 Å². The van der Waals surface area contributed by atoms with Gasteiger partial charge in [0.25, 0.3) is 0 Å². The summed E-state index contributed by atoms with van der Waals surface area (Å²) in [4.78, 5) is 0. The molecule has 2 rings (SSSR count). The van der Waals surface area contributed by atoms with Gasteiger partial charge in [0, 0.05) is 12.3 Å². The Hall–Kier alpha value is -1.07. The fraction of sp³-hybridized carbons (Fsp3) is 0. The topological polar surface area (TPSA) is 43.8 Å². The molecule has 0 bridgehead atoms. The Morgan fingerprint density at radius 1 is 1.47 bits per heavy atom. The van der Waals surface area contributed by atoms with Crippen LogP contribution in [0, 0.1) is 5.82 Å². The van der Waals surface area contributed by atoms with Gasteiger partial charge in [0.2, 0.25) is 0 Å².